The molecule has 0 unspecified atom stereocenters. The molecule has 0 saturated carbocycles. The number of piperidine rings is 1. The second-order valence-corrected chi connectivity index (χ2v) is 4.91. The summed E-state index contributed by atoms with van der Waals surface area (Å²) in [6.45, 7) is 2.95. The summed E-state index contributed by atoms with van der Waals surface area (Å²) in [7, 11) is 0. The fourth-order valence-electron chi connectivity index (χ4n) is 1.72. The fourth-order valence-corrected chi connectivity index (χ4v) is 2.40. The van der Waals surface area contributed by atoms with Crippen LogP contribution in [-0.2, 0) is 11.2 Å². The van der Waals surface area contributed by atoms with Crippen LogP contribution in [0.2, 0.25) is 0 Å². The lowest BCUT2D eigenvalue weighted by atomic mass is 10.0. The molecule has 1 amide bonds. The van der Waals surface area contributed by atoms with Crippen molar-refractivity contribution < 1.29 is 4.79 Å². The zero-order valence-corrected chi connectivity index (χ0v) is 10.1. The van der Waals surface area contributed by atoms with Crippen molar-refractivity contribution in [3.05, 3.63) is 5.01 Å². The van der Waals surface area contributed by atoms with E-state index in [1.54, 1.807) is 0 Å². The molecule has 1 fully saturated rings. The number of nitrogens with one attached hydrogen (secondary N) is 2. The average molecular weight is 240 g/mol. The molecule has 0 bridgehead atoms. The lowest BCUT2D eigenvalue weighted by molar-refractivity contribution is -0.118. The number of nitrogens with zero attached hydrogens (tertiary/aromatic N) is 2. The van der Waals surface area contributed by atoms with Crippen molar-refractivity contribution in [3.63, 3.8) is 0 Å². The molecule has 1 aromatic heterocycles. The molecule has 2 heterocycles. The lowest BCUT2D eigenvalue weighted by Gasteiger charge is -2.21. The maximum atomic E-state index is 11.8. The van der Waals surface area contributed by atoms with Crippen molar-refractivity contribution in [2.45, 2.75) is 38.6 Å². The van der Waals surface area contributed by atoms with Gasteiger partial charge in [0.25, 0.3) is 0 Å². The monoisotopic (exact) mass is 240 g/mol. The highest BCUT2D eigenvalue weighted by Crippen LogP contribution is 2.16. The Morgan fingerprint density at radius 3 is 3.06 bits per heavy atom. The van der Waals surface area contributed by atoms with Crippen LogP contribution in [0.5, 0.6) is 0 Å². The van der Waals surface area contributed by atoms with Crippen molar-refractivity contribution in [2.75, 3.05) is 11.9 Å². The van der Waals surface area contributed by atoms with Crippen LogP contribution in [0.3, 0.4) is 0 Å². The van der Waals surface area contributed by atoms with Crippen LogP contribution in [0.15, 0.2) is 0 Å². The predicted molar refractivity (Wildman–Crippen MR) is 63.6 cm³/mol. The molecular formula is C10H16N4OS. The van der Waals surface area contributed by atoms with Crippen LogP contribution in [0.1, 0.15) is 31.2 Å². The summed E-state index contributed by atoms with van der Waals surface area (Å²) >= 11 is 1.44. The van der Waals surface area contributed by atoms with Crippen LogP contribution >= 0.6 is 11.3 Å². The van der Waals surface area contributed by atoms with E-state index in [1.165, 1.54) is 11.3 Å². The molecule has 2 rings (SSSR count). The van der Waals surface area contributed by atoms with Gasteiger partial charge in [0.15, 0.2) is 0 Å². The van der Waals surface area contributed by atoms with Gasteiger partial charge in [-0.2, -0.15) is 0 Å². The van der Waals surface area contributed by atoms with E-state index in [2.05, 4.69) is 20.8 Å². The lowest BCUT2D eigenvalue weighted by Crippen LogP contribution is -2.43. The Bertz CT molecular complexity index is 359. The first-order valence-electron chi connectivity index (χ1n) is 5.66. The quantitative estimate of drug-likeness (QED) is 0.832. The molecule has 5 nitrogen and oxygen atoms in total. The van der Waals surface area contributed by atoms with Gasteiger partial charge in [-0.15, -0.1) is 10.2 Å². The molecule has 6 heteroatoms. The Morgan fingerprint density at radius 1 is 1.56 bits per heavy atom. The Labute approximate surface area is 98.7 Å². The Kier molecular flexibility index (Phi) is 3.84. The first kappa shape index (κ1) is 11.5. The number of anilines is 1. The number of amides is 1. The zero-order chi connectivity index (χ0) is 11.4. The number of rotatable bonds is 3. The summed E-state index contributed by atoms with van der Waals surface area (Å²) in [6.07, 6.45) is 4.03. The average Bonchev–Trinajstić information content (AvgIpc) is 2.78. The Hall–Kier alpha value is -1.01. The molecule has 1 atom stereocenters. The number of aromatic nitrogens is 2. The van der Waals surface area contributed by atoms with Crippen LogP contribution in [0.4, 0.5) is 5.13 Å². The summed E-state index contributed by atoms with van der Waals surface area (Å²) in [5.74, 6) is 0.0125. The summed E-state index contributed by atoms with van der Waals surface area (Å²) in [4.78, 5) is 11.8. The van der Waals surface area contributed by atoms with E-state index in [1.807, 2.05) is 6.92 Å². The normalized spacial score (nSPS) is 20.7. The molecular weight excluding hydrogens is 224 g/mol. The van der Waals surface area contributed by atoms with Crippen molar-refractivity contribution in [1.29, 1.82) is 0 Å². The van der Waals surface area contributed by atoms with Crippen molar-refractivity contribution >= 4 is 22.4 Å². The van der Waals surface area contributed by atoms with E-state index in [-0.39, 0.29) is 11.9 Å². The zero-order valence-electron chi connectivity index (χ0n) is 9.32. The Balaban J connectivity index is 1.90. The van der Waals surface area contributed by atoms with E-state index >= 15 is 0 Å². The van der Waals surface area contributed by atoms with E-state index < -0.39 is 0 Å². The van der Waals surface area contributed by atoms with E-state index in [0.717, 1.165) is 37.2 Å². The van der Waals surface area contributed by atoms with Crippen LogP contribution in [0.25, 0.3) is 0 Å². The first-order chi connectivity index (χ1) is 7.79. The third-order valence-electron chi connectivity index (χ3n) is 2.63. The minimum atomic E-state index is -0.0669. The Morgan fingerprint density at radius 2 is 2.44 bits per heavy atom. The summed E-state index contributed by atoms with van der Waals surface area (Å²) in [6, 6.07) is -0.0669. The number of aryl methyl sites for hydroxylation is 1. The van der Waals surface area contributed by atoms with Gasteiger partial charge in [-0.25, -0.2) is 0 Å². The number of carbonyl (C=O) groups excluding carboxylic acids is 1. The smallest absolute Gasteiger partial charge is 0.243 e. The second kappa shape index (κ2) is 5.36. The topological polar surface area (TPSA) is 66.9 Å². The van der Waals surface area contributed by atoms with Crippen molar-refractivity contribution in [3.8, 4) is 0 Å². The standard InChI is InChI=1S/C10H16N4OS/c1-2-8-13-14-10(16-8)12-9(15)7-5-3-4-6-11-7/h7,11H,2-6H2,1H3,(H,12,14,15)/t7-/m1/s1. The van der Waals surface area contributed by atoms with Gasteiger partial charge in [0.2, 0.25) is 11.0 Å². The highest BCUT2D eigenvalue weighted by molar-refractivity contribution is 7.15. The van der Waals surface area contributed by atoms with Gasteiger partial charge in [-0.3, -0.25) is 10.1 Å². The maximum absolute atomic E-state index is 11.8. The largest absolute Gasteiger partial charge is 0.306 e. The molecule has 88 valence electrons. The maximum Gasteiger partial charge on any atom is 0.243 e. The van der Waals surface area contributed by atoms with Crippen molar-refractivity contribution in [2.24, 2.45) is 0 Å². The van der Waals surface area contributed by atoms with Gasteiger partial charge in [-0.05, 0) is 25.8 Å². The summed E-state index contributed by atoms with van der Waals surface area (Å²) in [5.41, 5.74) is 0. The van der Waals surface area contributed by atoms with Crippen LogP contribution in [0, 0.1) is 0 Å². The van der Waals surface area contributed by atoms with E-state index in [4.69, 9.17) is 0 Å². The predicted octanol–water partition coefficient (Wildman–Crippen LogP) is 1.18. The van der Waals surface area contributed by atoms with Gasteiger partial charge in [0.05, 0.1) is 6.04 Å². The molecule has 0 aromatic carbocycles. The van der Waals surface area contributed by atoms with E-state index in [9.17, 15) is 4.79 Å². The fraction of sp³-hybridized carbons (Fsp3) is 0.700. The van der Waals surface area contributed by atoms with Gasteiger partial charge in [0, 0.05) is 0 Å². The first-order valence-corrected chi connectivity index (χ1v) is 6.48. The van der Waals surface area contributed by atoms with Crippen molar-refractivity contribution in [1.82, 2.24) is 15.5 Å². The van der Waals surface area contributed by atoms with Crippen LogP contribution < -0.4 is 10.6 Å². The molecule has 2 N–H and O–H groups in total. The highest BCUT2D eigenvalue weighted by atomic mass is 32.1. The van der Waals surface area contributed by atoms with Gasteiger partial charge >= 0.3 is 0 Å². The SMILES string of the molecule is CCc1nnc(NC(=O)[C@H]2CCCCN2)s1. The molecule has 16 heavy (non-hydrogen) atoms. The molecule has 0 radical (unpaired) electrons. The number of hydrogen-bond donors (Lipinski definition) is 2. The number of hydrogen-bond acceptors (Lipinski definition) is 5. The highest BCUT2D eigenvalue weighted by Gasteiger charge is 2.21. The minimum Gasteiger partial charge on any atom is -0.306 e. The third-order valence-corrected chi connectivity index (χ3v) is 3.61. The van der Waals surface area contributed by atoms with E-state index in [0.29, 0.717) is 5.13 Å². The molecule has 1 aliphatic rings. The minimum absolute atomic E-state index is 0.0125. The molecule has 1 aliphatic heterocycles. The third kappa shape index (κ3) is 2.76. The van der Waals surface area contributed by atoms with Gasteiger partial charge in [0.1, 0.15) is 5.01 Å². The molecule has 0 aliphatic carbocycles. The summed E-state index contributed by atoms with van der Waals surface area (Å²) < 4.78 is 0. The van der Waals surface area contributed by atoms with Gasteiger partial charge < -0.3 is 5.32 Å². The summed E-state index contributed by atoms with van der Waals surface area (Å²) in [5, 5.41) is 15.5. The second-order valence-electron chi connectivity index (χ2n) is 3.85. The molecule has 1 aromatic rings. The van der Waals surface area contributed by atoms with Gasteiger partial charge in [-0.1, -0.05) is 24.7 Å². The molecule has 0 spiro atoms. The van der Waals surface area contributed by atoms with Crippen LogP contribution in [-0.4, -0.2) is 28.7 Å². The number of carbonyl (C=O) groups is 1. The molecule has 1 saturated heterocycles.